The molecule has 0 radical (unpaired) electrons. The van der Waals surface area contributed by atoms with Gasteiger partial charge in [0.15, 0.2) is 11.5 Å². The number of benzene rings is 2. The number of imide groups is 1. The van der Waals surface area contributed by atoms with Crippen molar-refractivity contribution in [2.45, 2.75) is 6.92 Å². The zero-order valence-electron chi connectivity index (χ0n) is 17.4. The van der Waals surface area contributed by atoms with Crippen molar-refractivity contribution in [3.8, 4) is 11.5 Å². The number of carbonyl (C=O) groups excluding carboxylic acids is 4. The molecule has 2 aromatic rings. The van der Waals surface area contributed by atoms with Crippen LogP contribution >= 0.6 is 35.0 Å². The number of nitrogens with zero attached hydrogens (tertiary/aromatic N) is 1. The number of rotatable bonds is 7. The Balaban J connectivity index is 1.88. The number of carbonyl (C=O) groups is 4. The number of hydrogen-bond acceptors (Lipinski definition) is 8. The summed E-state index contributed by atoms with van der Waals surface area (Å²) in [6.07, 6.45) is 1.43. The van der Waals surface area contributed by atoms with Crippen LogP contribution in [0.25, 0.3) is 6.08 Å². The van der Waals surface area contributed by atoms with Gasteiger partial charge in [0, 0.05) is 5.02 Å². The van der Waals surface area contributed by atoms with E-state index in [0.717, 1.165) is 12.0 Å². The van der Waals surface area contributed by atoms with Crippen molar-refractivity contribution < 1.29 is 33.4 Å². The van der Waals surface area contributed by atoms with Gasteiger partial charge in [-0.1, -0.05) is 23.2 Å². The van der Waals surface area contributed by atoms with Gasteiger partial charge in [-0.15, -0.1) is 0 Å². The first-order valence-corrected chi connectivity index (χ1v) is 11.1. The molecule has 0 unspecified atom stereocenters. The van der Waals surface area contributed by atoms with Crippen LogP contribution in [0.5, 0.6) is 11.5 Å². The van der Waals surface area contributed by atoms with Crippen LogP contribution in [0.1, 0.15) is 22.8 Å². The Morgan fingerprint density at radius 1 is 1.12 bits per heavy atom. The van der Waals surface area contributed by atoms with Crippen LogP contribution < -0.4 is 9.47 Å². The van der Waals surface area contributed by atoms with E-state index in [1.165, 1.54) is 30.3 Å². The van der Waals surface area contributed by atoms with E-state index >= 15 is 0 Å². The van der Waals surface area contributed by atoms with Crippen molar-refractivity contribution in [1.29, 1.82) is 0 Å². The minimum atomic E-state index is -0.716. The lowest BCUT2D eigenvalue weighted by atomic mass is 10.1. The minimum absolute atomic E-state index is 0.00872. The molecule has 0 spiro atoms. The molecule has 1 heterocycles. The second-order valence-corrected chi connectivity index (χ2v) is 8.34. The molecule has 2 aromatic carbocycles. The summed E-state index contributed by atoms with van der Waals surface area (Å²) in [5.41, 5.74) is 0.694. The lowest BCUT2D eigenvalue weighted by Gasteiger charge is -2.13. The van der Waals surface area contributed by atoms with Gasteiger partial charge in [-0.05, 0) is 66.7 Å². The normalized spacial score (nSPS) is 14.5. The van der Waals surface area contributed by atoms with Crippen molar-refractivity contribution in [3.63, 3.8) is 0 Å². The third kappa shape index (κ3) is 5.87. The molecular formula is C22H17Cl2NO7S. The second-order valence-electron chi connectivity index (χ2n) is 6.50. The Hall–Kier alpha value is -3.01. The van der Waals surface area contributed by atoms with Crippen LogP contribution in [0.2, 0.25) is 10.0 Å². The predicted molar refractivity (Wildman–Crippen MR) is 124 cm³/mol. The first-order chi connectivity index (χ1) is 15.7. The maximum absolute atomic E-state index is 12.5. The second kappa shape index (κ2) is 10.7. The number of esters is 2. The Morgan fingerprint density at radius 3 is 2.45 bits per heavy atom. The highest BCUT2D eigenvalue weighted by Gasteiger charge is 2.36. The van der Waals surface area contributed by atoms with E-state index in [0.29, 0.717) is 22.3 Å². The van der Waals surface area contributed by atoms with Gasteiger partial charge < -0.3 is 14.2 Å². The highest BCUT2D eigenvalue weighted by Crippen LogP contribution is 2.39. The third-order valence-electron chi connectivity index (χ3n) is 4.29. The van der Waals surface area contributed by atoms with E-state index in [2.05, 4.69) is 4.74 Å². The highest BCUT2D eigenvalue weighted by atomic mass is 35.5. The Bertz CT molecular complexity index is 1150. The summed E-state index contributed by atoms with van der Waals surface area (Å²) in [7, 11) is 1.16. The van der Waals surface area contributed by atoms with Crippen molar-refractivity contribution >= 4 is 64.1 Å². The molecule has 0 bridgehead atoms. The smallest absolute Gasteiger partial charge is 0.343 e. The fourth-order valence-corrected chi connectivity index (χ4v) is 3.97. The Kier molecular flexibility index (Phi) is 8.01. The summed E-state index contributed by atoms with van der Waals surface area (Å²) >= 11 is 12.9. The average Bonchev–Trinajstić information content (AvgIpc) is 3.03. The molecule has 8 nitrogen and oxygen atoms in total. The number of thioether (sulfide) groups is 1. The van der Waals surface area contributed by atoms with Gasteiger partial charge in [0.05, 0.1) is 29.2 Å². The Morgan fingerprint density at radius 2 is 1.82 bits per heavy atom. The molecule has 0 aliphatic carbocycles. The van der Waals surface area contributed by atoms with Crippen molar-refractivity contribution in [2.75, 3.05) is 20.3 Å². The zero-order chi connectivity index (χ0) is 24.1. The number of methoxy groups -OCH3 is 1. The monoisotopic (exact) mass is 509 g/mol. The molecule has 2 amide bonds. The van der Waals surface area contributed by atoms with E-state index in [1.807, 2.05) is 0 Å². The summed E-state index contributed by atoms with van der Waals surface area (Å²) in [4.78, 5) is 49.5. The van der Waals surface area contributed by atoms with Crippen LogP contribution in [0.3, 0.4) is 0 Å². The largest absolute Gasteiger partial charge is 0.490 e. The quantitative estimate of drug-likeness (QED) is 0.297. The summed E-state index contributed by atoms with van der Waals surface area (Å²) in [5.74, 6) is -1.83. The molecule has 0 N–H and O–H groups in total. The first-order valence-electron chi connectivity index (χ1n) is 9.49. The van der Waals surface area contributed by atoms with Crippen LogP contribution in [0.4, 0.5) is 4.79 Å². The van der Waals surface area contributed by atoms with Crippen LogP contribution in [0, 0.1) is 0 Å². The number of amides is 2. The predicted octanol–water partition coefficient (Wildman–Crippen LogP) is 4.82. The highest BCUT2D eigenvalue weighted by molar-refractivity contribution is 8.18. The molecule has 11 heteroatoms. The van der Waals surface area contributed by atoms with E-state index in [9.17, 15) is 19.2 Å². The average molecular weight is 510 g/mol. The lowest BCUT2D eigenvalue weighted by molar-refractivity contribution is -0.143. The summed E-state index contributed by atoms with van der Waals surface area (Å²) in [5, 5.41) is -0.0652. The van der Waals surface area contributed by atoms with Gasteiger partial charge in [-0.3, -0.25) is 19.3 Å². The Labute approximate surface area is 203 Å². The van der Waals surface area contributed by atoms with Gasteiger partial charge in [0.1, 0.15) is 6.54 Å². The summed E-state index contributed by atoms with van der Waals surface area (Å²) in [6, 6.07) is 9.12. The molecule has 0 atom stereocenters. The molecule has 1 aliphatic heterocycles. The molecule has 3 rings (SSSR count). The first kappa shape index (κ1) is 24.6. The standard InChI is InChI=1S/C22H17Cl2NO7S/c1-3-31-16-9-12(10-17-20(27)25(22(29)33-17)11-18(26)30-2)8-15(24)19(16)32-21(28)13-4-6-14(23)7-5-13/h4-10H,3,11H2,1-2H3/b17-10-. The molecule has 1 aliphatic rings. The topological polar surface area (TPSA) is 99.2 Å². The zero-order valence-corrected chi connectivity index (χ0v) is 19.8. The van der Waals surface area contributed by atoms with Crippen LogP contribution in [-0.2, 0) is 14.3 Å². The molecule has 0 aromatic heterocycles. The van der Waals surface area contributed by atoms with Crippen molar-refractivity contribution in [3.05, 3.63) is 62.5 Å². The van der Waals surface area contributed by atoms with E-state index in [1.54, 1.807) is 19.1 Å². The summed E-state index contributed by atoms with van der Waals surface area (Å²) < 4.78 is 15.5. The van der Waals surface area contributed by atoms with Crippen molar-refractivity contribution in [2.24, 2.45) is 0 Å². The van der Waals surface area contributed by atoms with E-state index < -0.39 is 29.6 Å². The van der Waals surface area contributed by atoms with Crippen LogP contribution in [0.15, 0.2) is 41.3 Å². The fourth-order valence-electron chi connectivity index (χ4n) is 2.75. The molecule has 172 valence electrons. The van der Waals surface area contributed by atoms with Gasteiger partial charge in [-0.2, -0.15) is 0 Å². The molecular weight excluding hydrogens is 493 g/mol. The SMILES string of the molecule is CCOc1cc(/C=C2\SC(=O)N(CC(=O)OC)C2=O)cc(Cl)c1OC(=O)c1ccc(Cl)cc1. The van der Waals surface area contributed by atoms with Gasteiger partial charge >= 0.3 is 11.9 Å². The maximum atomic E-state index is 12.5. The fraction of sp³-hybridized carbons (Fsp3) is 0.182. The van der Waals surface area contributed by atoms with Crippen LogP contribution in [-0.4, -0.2) is 48.2 Å². The number of halogens is 2. The number of ether oxygens (including phenoxy) is 3. The lowest BCUT2D eigenvalue weighted by Crippen LogP contribution is -2.34. The molecule has 33 heavy (non-hydrogen) atoms. The van der Waals surface area contributed by atoms with Crippen molar-refractivity contribution in [1.82, 2.24) is 4.90 Å². The third-order valence-corrected chi connectivity index (χ3v) is 5.73. The van der Waals surface area contributed by atoms with Gasteiger partial charge in [-0.25, -0.2) is 4.79 Å². The minimum Gasteiger partial charge on any atom is -0.490 e. The number of hydrogen-bond donors (Lipinski definition) is 0. The maximum Gasteiger partial charge on any atom is 0.343 e. The van der Waals surface area contributed by atoms with E-state index in [-0.39, 0.29) is 33.6 Å². The van der Waals surface area contributed by atoms with Gasteiger partial charge in [0.2, 0.25) is 0 Å². The molecule has 1 fully saturated rings. The van der Waals surface area contributed by atoms with Gasteiger partial charge in [0.25, 0.3) is 11.1 Å². The molecule has 1 saturated heterocycles. The van der Waals surface area contributed by atoms with E-state index in [4.69, 9.17) is 32.7 Å². The summed E-state index contributed by atoms with van der Waals surface area (Å²) in [6.45, 7) is 1.51. The molecule has 0 saturated carbocycles.